The van der Waals surface area contributed by atoms with Crippen molar-refractivity contribution in [2.75, 3.05) is 58.2 Å². The van der Waals surface area contributed by atoms with Gasteiger partial charge in [-0.15, -0.1) is 0 Å². The molecule has 44 heteroatoms. The number of nitrogens with zero attached hydrogens (tertiary/aromatic N) is 11. The van der Waals surface area contributed by atoms with Gasteiger partial charge in [0.25, 0.3) is 17.1 Å². The number of phosphoric ester groups is 3. The minimum atomic E-state index is -6.25. The molecule has 16 atom stereocenters. The fourth-order valence-electron chi connectivity index (χ4n) is 9.19. The van der Waals surface area contributed by atoms with E-state index in [0.29, 0.717) is 0 Å². The number of aromatic nitrogens is 12. The predicted octanol–water partition coefficient (Wildman–Crippen LogP) is -3.33. The fraction of sp³-hybridized carbons (Fsp3) is 0.526. The summed E-state index contributed by atoms with van der Waals surface area (Å²) < 4.78 is 111. The molecule has 9 heterocycles. The lowest BCUT2D eigenvalue weighted by atomic mass is 9.94. The third-order valence-corrected chi connectivity index (χ3v) is 18.1. The Kier molecular flexibility index (Phi) is 17.2. The molecule has 448 valence electrons. The summed E-state index contributed by atoms with van der Waals surface area (Å²) in [5.41, 5.74) is 15.6. The maximum absolute atomic E-state index is 13.8. The minimum absolute atomic E-state index is 0.00219. The average Bonchev–Trinajstić information content (AvgIpc) is 4.46. The number of fused-ring (bicyclic) bond motifs is 3. The van der Waals surface area contributed by atoms with Crippen LogP contribution in [-0.4, -0.2) is 189 Å². The highest BCUT2D eigenvalue weighted by Crippen LogP contribution is 2.68. The molecule has 0 bridgehead atoms. The van der Waals surface area contributed by atoms with E-state index in [1.165, 1.54) is 45.1 Å². The number of ether oxygens (including phenoxy) is 4. The van der Waals surface area contributed by atoms with E-state index >= 15 is 0 Å². The van der Waals surface area contributed by atoms with Crippen molar-refractivity contribution in [3.8, 4) is 0 Å². The van der Waals surface area contributed by atoms with E-state index in [9.17, 15) is 67.5 Å². The Labute approximate surface area is 457 Å². The van der Waals surface area contributed by atoms with Crippen LogP contribution in [0.15, 0.2) is 47.6 Å². The van der Waals surface area contributed by atoms with Crippen LogP contribution < -0.4 is 32.9 Å². The number of anilines is 3. The van der Waals surface area contributed by atoms with E-state index in [1.807, 2.05) is 0 Å². The van der Waals surface area contributed by atoms with Crippen molar-refractivity contribution >= 4 is 88.4 Å². The van der Waals surface area contributed by atoms with Crippen molar-refractivity contribution in [1.82, 2.24) is 58.5 Å². The van der Waals surface area contributed by atoms with Crippen LogP contribution >= 0.6 is 31.3 Å². The highest BCUT2D eigenvalue weighted by atomic mass is 31.3. The largest absolute Gasteiger partial charge is 0.490 e. The molecule has 3 fully saturated rings. The lowest BCUT2D eigenvalue weighted by Gasteiger charge is -2.26. The first-order valence-corrected chi connectivity index (χ1v) is 29.6. The van der Waals surface area contributed by atoms with Crippen molar-refractivity contribution in [2.24, 2.45) is 5.92 Å². The standard InChI is InChI=1S/C38H52N16O24P4/c1-5-6-51-14-54(31-22(51)33(60)49-38(41)47-31)34-23(56)15(7-19(55)50(2)3)16(73-34)8-71-80(63,64)77-82(67,68)78-81(65,66)72-10-18-26(27(69-4)36(75-18)52-12-44-20-28(39)42-11-43-29(20)52)76-79(61,62)70-9-17-24(57)25(58)35(74-17)53-13-45-21-30(53)46-37(40)48-32(21)59/h5,11-18,23-27,34-36,56-58H,1,6-10H2,2-4H3,(H11-,39,40,41,42,43,46,47,48,49,59,60,61,62,63,64,65,66,67,68)/p+1/t15-,16-,17-,18-,23-,24-,25-,26-,27-,34?,35-,36-/m1/s1. The number of hydrogen-bond acceptors (Lipinski definition) is 29. The maximum atomic E-state index is 13.8. The van der Waals surface area contributed by atoms with Gasteiger partial charge in [0.05, 0.1) is 45.1 Å². The van der Waals surface area contributed by atoms with Crippen LogP contribution in [0.4, 0.5) is 17.7 Å². The molecule has 40 nitrogen and oxygen atoms in total. The van der Waals surface area contributed by atoms with Crippen LogP contribution in [0.2, 0.25) is 0 Å². The predicted molar refractivity (Wildman–Crippen MR) is 269 cm³/mol. The van der Waals surface area contributed by atoms with Crippen LogP contribution in [0.1, 0.15) is 25.1 Å². The summed E-state index contributed by atoms with van der Waals surface area (Å²) in [5, 5.41) is 33.4. The molecule has 3 aliphatic heterocycles. The first kappa shape index (κ1) is 60.7. The van der Waals surface area contributed by atoms with Crippen molar-refractivity contribution in [2.45, 2.75) is 80.5 Å². The molecule has 0 radical (unpaired) electrons. The second-order valence-corrected chi connectivity index (χ2v) is 24.5. The Balaban J connectivity index is 0.883. The SMILES string of the molecule is C=CCn1c[n+](C2O[C@H](COP(=O)(O)OP(=O)(O)OP(=O)(O)OC[C@H]3O[C@@H](n4cnc5c(N)ncnc54)[C@H](OC)[C@@H]3OP(=O)(O)OC[C@H]3O[C@@H](n4cnc5c(=O)[nH]c(N)nc54)[C@H](O)[C@@H]3O)[C@@H](CC(=O)N(C)C)[C@H]2O)c2nc(N)[nH]c(=O)c21. The van der Waals surface area contributed by atoms with Crippen molar-refractivity contribution < 1.29 is 108 Å². The number of aliphatic hydroxyl groups is 3. The zero-order valence-electron chi connectivity index (χ0n) is 42.6. The van der Waals surface area contributed by atoms with Gasteiger partial charge in [-0.05, 0) is 0 Å². The summed E-state index contributed by atoms with van der Waals surface area (Å²) >= 11 is 0. The number of rotatable bonds is 23. The number of aliphatic hydroxyl groups excluding tert-OH is 3. The van der Waals surface area contributed by atoms with Crippen LogP contribution in [0.3, 0.4) is 0 Å². The number of H-pyrrole nitrogens is 2. The van der Waals surface area contributed by atoms with E-state index < -0.39 is 148 Å². The summed E-state index contributed by atoms with van der Waals surface area (Å²) in [5.74, 6) is -2.55. The molecule has 1 amide bonds. The number of nitrogens with two attached hydrogens (primary N) is 3. The van der Waals surface area contributed by atoms with Crippen LogP contribution in [0.5, 0.6) is 0 Å². The second kappa shape index (κ2) is 23.3. The summed E-state index contributed by atoms with van der Waals surface area (Å²) in [6, 6.07) is 0. The number of carbonyl (C=O) groups excluding carboxylic acids is 1. The van der Waals surface area contributed by atoms with E-state index in [2.05, 4.69) is 55.1 Å². The lowest BCUT2D eigenvalue weighted by molar-refractivity contribution is -0.745. The lowest BCUT2D eigenvalue weighted by Crippen LogP contribution is -2.45. The molecule has 0 aliphatic carbocycles. The molecule has 3 aliphatic rings. The number of nitrogens with one attached hydrogen (secondary N) is 2. The van der Waals surface area contributed by atoms with Crippen LogP contribution in [0.25, 0.3) is 33.5 Å². The maximum Gasteiger partial charge on any atom is 0.490 e. The minimum Gasteiger partial charge on any atom is -0.387 e. The summed E-state index contributed by atoms with van der Waals surface area (Å²) in [7, 11) is -19.7. The second-order valence-electron chi connectivity index (χ2n) is 18.5. The molecule has 0 saturated carbocycles. The average molecular weight is 1240 g/mol. The monoisotopic (exact) mass is 1240 g/mol. The number of carbonyl (C=O) groups is 1. The van der Waals surface area contributed by atoms with Crippen molar-refractivity contribution in [3.05, 3.63) is 58.7 Å². The summed E-state index contributed by atoms with van der Waals surface area (Å²) in [4.78, 5) is 111. The van der Waals surface area contributed by atoms with Gasteiger partial charge in [0.1, 0.15) is 54.6 Å². The van der Waals surface area contributed by atoms with Crippen molar-refractivity contribution in [1.29, 1.82) is 0 Å². The van der Waals surface area contributed by atoms with Gasteiger partial charge in [-0.25, -0.2) is 42.8 Å². The topological polar surface area (TPSA) is 562 Å². The quantitative estimate of drug-likeness (QED) is 0.0170. The Morgan fingerprint density at radius 2 is 1.35 bits per heavy atom. The molecule has 5 unspecified atom stereocenters. The Morgan fingerprint density at radius 3 is 2.01 bits per heavy atom. The van der Waals surface area contributed by atoms with Gasteiger partial charge < -0.3 is 75.9 Å². The molecule has 6 aromatic rings. The summed E-state index contributed by atoms with van der Waals surface area (Å²) in [6.45, 7) is 0.370. The smallest absolute Gasteiger partial charge is 0.387 e. The van der Waals surface area contributed by atoms with E-state index in [1.54, 1.807) is 0 Å². The Hall–Kier alpha value is -5.90. The normalized spacial score (nSPS) is 28.8. The first-order valence-electron chi connectivity index (χ1n) is 23.7. The molecule has 15 N–H and O–H groups in total. The molecule has 3 saturated heterocycles. The van der Waals surface area contributed by atoms with E-state index in [0.717, 1.165) is 30.7 Å². The van der Waals surface area contributed by atoms with Crippen LogP contribution in [-0.2, 0) is 75.3 Å². The molecule has 82 heavy (non-hydrogen) atoms. The van der Waals surface area contributed by atoms with Crippen LogP contribution in [0, 0.1) is 5.92 Å². The van der Waals surface area contributed by atoms with Gasteiger partial charge in [-0.1, -0.05) is 17.6 Å². The first-order chi connectivity index (χ1) is 38.5. The molecule has 6 aromatic heterocycles. The molecule has 9 rings (SSSR count). The molecule has 0 spiro atoms. The highest BCUT2D eigenvalue weighted by Gasteiger charge is 2.54. The third-order valence-electron chi connectivity index (χ3n) is 12.9. The van der Waals surface area contributed by atoms with Gasteiger partial charge in [0.2, 0.25) is 23.6 Å². The number of nitrogen functional groups attached to an aromatic ring is 3. The van der Waals surface area contributed by atoms with Gasteiger partial charge in [0.15, 0.2) is 41.4 Å². The summed E-state index contributed by atoms with van der Waals surface area (Å²) in [6.07, 6.45) is -12.6. The number of imidazole rings is 3. The fourth-order valence-corrected chi connectivity index (χ4v) is 13.7. The molecule has 0 aromatic carbocycles. The zero-order valence-corrected chi connectivity index (χ0v) is 46.1. The Bertz CT molecular complexity index is 3730. The third kappa shape index (κ3) is 12.5. The highest BCUT2D eigenvalue weighted by molar-refractivity contribution is 7.66. The number of methoxy groups -OCH3 is 1. The van der Waals surface area contributed by atoms with E-state index in [-0.39, 0.29) is 57.8 Å². The van der Waals surface area contributed by atoms with Gasteiger partial charge in [-0.2, -0.15) is 13.6 Å². The van der Waals surface area contributed by atoms with Crippen molar-refractivity contribution in [3.63, 3.8) is 0 Å². The Morgan fingerprint density at radius 1 is 0.756 bits per heavy atom. The number of aromatic amines is 2. The van der Waals surface area contributed by atoms with Gasteiger partial charge in [-0.3, -0.25) is 56.1 Å². The molecular weight excluding hydrogens is 1190 g/mol. The number of allylic oxidation sites excluding steroid dienone is 1. The van der Waals surface area contributed by atoms with Gasteiger partial charge >= 0.3 is 36.9 Å². The molecular formula is C38H53N16O24P4+. The number of amides is 1. The van der Waals surface area contributed by atoms with E-state index in [4.69, 9.17) is 54.2 Å². The number of hydrogen-bond donors (Lipinski definition) is 12. The van der Waals surface area contributed by atoms with Gasteiger partial charge in [0, 0.05) is 33.5 Å². The zero-order chi connectivity index (χ0) is 59.5. The number of phosphoric acid groups is 4.